The van der Waals surface area contributed by atoms with Gasteiger partial charge in [0.25, 0.3) is 0 Å². The third-order valence-corrected chi connectivity index (χ3v) is 6.56. The van der Waals surface area contributed by atoms with Crippen molar-refractivity contribution >= 4 is 17.7 Å². The molecule has 0 bridgehead atoms. The smallest absolute Gasteiger partial charge is 0.233 e. The van der Waals surface area contributed by atoms with Crippen LogP contribution in [0.5, 0.6) is 0 Å². The number of imide groups is 1. The number of hydrogen-bond acceptors (Lipinski definition) is 6. The fraction of sp³-hybridized carbons (Fsp3) is 0.682. The van der Waals surface area contributed by atoms with Crippen LogP contribution in [0, 0.1) is 18.8 Å². The van der Waals surface area contributed by atoms with Crippen molar-refractivity contribution in [2.75, 3.05) is 39.4 Å². The SMILES string of the molecule is Cc1ccc(C(CNC(=O)CCN2C(=O)C3CCCCC3C2=O)N2CCOCC2)o1. The van der Waals surface area contributed by atoms with Crippen LogP contribution in [0.15, 0.2) is 16.5 Å². The number of fused-ring (bicyclic) bond motifs is 1. The summed E-state index contributed by atoms with van der Waals surface area (Å²) in [6.07, 6.45) is 3.72. The summed E-state index contributed by atoms with van der Waals surface area (Å²) in [6, 6.07) is 3.81. The lowest BCUT2D eigenvalue weighted by atomic mass is 9.81. The fourth-order valence-corrected chi connectivity index (χ4v) is 4.89. The molecule has 164 valence electrons. The molecule has 1 aliphatic carbocycles. The van der Waals surface area contributed by atoms with Gasteiger partial charge >= 0.3 is 0 Å². The first-order chi connectivity index (χ1) is 14.5. The van der Waals surface area contributed by atoms with Gasteiger partial charge in [0, 0.05) is 32.6 Å². The number of nitrogens with zero attached hydrogens (tertiary/aromatic N) is 2. The highest BCUT2D eigenvalue weighted by molar-refractivity contribution is 6.05. The zero-order chi connectivity index (χ0) is 21.1. The maximum atomic E-state index is 12.6. The summed E-state index contributed by atoms with van der Waals surface area (Å²) in [4.78, 5) is 41.2. The van der Waals surface area contributed by atoms with Crippen LogP contribution < -0.4 is 5.32 Å². The number of morpholine rings is 1. The van der Waals surface area contributed by atoms with E-state index in [0.717, 1.165) is 50.3 Å². The van der Waals surface area contributed by atoms with E-state index < -0.39 is 0 Å². The average molecular weight is 418 g/mol. The maximum Gasteiger partial charge on any atom is 0.233 e. The Morgan fingerprint density at radius 2 is 1.80 bits per heavy atom. The highest BCUT2D eigenvalue weighted by atomic mass is 16.5. The van der Waals surface area contributed by atoms with Crippen molar-refractivity contribution in [2.45, 2.75) is 45.1 Å². The molecular weight excluding hydrogens is 386 g/mol. The lowest BCUT2D eigenvalue weighted by molar-refractivity contribution is -0.140. The first-order valence-corrected chi connectivity index (χ1v) is 11.0. The molecule has 30 heavy (non-hydrogen) atoms. The van der Waals surface area contributed by atoms with Gasteiger partial charge in [0.1, 0.15) is 11.5 Å². The molecule has 0 aromatic carbocycles. The van der Waals surface area contributed by atoms with Crippen molar-refractivity contribution < 1.29 is 23.5 Å². The van der Waals surface area contributed by atoms with E-state index in [9.17, 15) is 14.4 Å². The Morgan fingerprint density at radius 3 is 2.40 bits per heavy atom. The molecule has 1 aromatic rings. The van der Waals surface area contributed by atoms with Crippen molar-refractivity contribution in [3.05, 3.63) is 23.7 Å². The van der Waals surface area contributed by atoms with Crippen molar-refractivity contribution in [1.29, 1.82) is 0 Å². The van der Waals surface area contributed by atoms with Crippen LogP contribution in [0.3, 0.4) is 0 Å². The molecule has 3 atom stereocenters. The summed E-state index contributed by atoms with van der Waals surface area (Å²) in [7, 11) is 0. The minimum Gasteiger partial charge on any atom is -0.465 e. The molecule has 3 heterocycles. The molecule has 1 N–H and O–H groups in total. The van der Waals surface area contributed by atoms with Gasteiger partial charge in [0.15, 0.2) is 0 Å². The predicted molar refractivity (Wildman–Crippen MR) is 108 cm³/mol. The van der Waals surface area contributed by atoms with E-state index in [1.54, 1.807) is 0 Å². The van der Waals surface area contributed by atoms with Gasteiger partial charge in [-0.2, -0.15) is 0 Å². The first kappa shape index (κ1) is 21.1. The largest absolute Gasteiger partial charge is 0.465 e. The number of nitrogens with one attached hydrogen (secondary N) is 1. The Morgan fingerprint density at radius 1 is 1.13 bits per heavy atom. The maximum absolute atomic E-state index is 12.6. The number of rotatable bonds is 7. The number of amides is 3. The van der Waals surface area contributed by atoms with E-state index in [1.807, 2.05) is 19.1 Å². The lowest BCUT2D eigenvalue weighted by Crippen LogP contribution is -2.44. The van der Waals surface area contributed by atoms with Gasteiger partial charge in [0.2, 0.25) is 17.7 Å². The normalized spacial score (nSPS) is 26.0. The van der Waals surface area contributed by atoms with Crippen LogP contribution in [0.25, 0.3) is 0 Å². The van der Waals surface area contributed by atoms with E-state index in [1.165, 1.54) is 4.90 Å². The number of carbonyl (C=O) groups is 3. The van der Waals surface area contributed by atoms with Gasteiger partial charge in [-0.25, -0.2) is 0 Å². The van der Waals surface area contributed by atoms with Gasteiger partial charge < -0.3 is 14.5 Å². The van der Waals surface area contributed by atoms with Crippen molar-refractivity contribution in [2.24, 2.45) is 11.8 Å². The Labute approximate surface area is 176 Å². The second kappa shape index (κ2) is 9.31. The van der Waals surface area contributed by atoms with E-state index in [4.69, 9.17) is 9.15 Å². The minimum absolute atomic E-state index is 0.0653. The van der Waals surface area contributed by atoms with Gasteiger partial charge in [-0.3, -0.25) is 24.2 Å². The average Bonchev–Trinajstić information content (AvgIpc) is 3.29. The molecule has 3 aliphatic rings. The predicted octanol–water partition coefficient (Wildman–Crippen LogP) is 1.64. The third kappa shape index (κ3) is 4.44. The van der Waals surface area contributed by atoms with Crippen molar-refractivity contribution in [3.8, 4) is 0 Å². The molecule has 2 aliphatic heterocycles. The summed E-state index contributed by atoms with van der Waals surface area (Å²) >= 11 is 0. The molecular formula is C22H31N3O5. The van der Waals surface area contributed by atoms with Gasteiger partial charge in [0.05, 0.1) is 31.1 Å². The standard InChI is InChI=1S/C22H31N3O5/c1-15-6-7-19(30-15)18(24-10-12-29-13-11-24)14-23-20(26)8-9-25-21(27)16-4-2-3-5-17(16)22(25)28/h6-7,16-18H,2-5,8-14H2,1H3,(H,23,26). The fourth-order valence-electron chi connectivity index (χ4n) is 4.89. The molecule has 3 fully saturated rings. The number of likely N-dealkylation sites (tertiary alicyclic amines) is 1. The van der Waals surface area contributed by atoms with Gasteiger partial charge in [-0.15, -0.1) is 0 Å². The Kier molecular flexibility index (Phi) is 6.53. The molecule has 8 heteroatoms. The van der Waals surface area contributed by atoms with Crippen LogP contribution in [0.4, 0.5) is 0 Å². The molecule has 0 radical (unpaired) electrons. The molecule has 1 aromatic heterocycles. The number of furan rings is 1. The molecule has 1 saturated carbocycles. The van der Waals surface area contributed by atoms with E-state index >= 15 is 0 Å². The zero-order valence-corrected chi connectivity index (χ0v) is 17.6. The summed E-state index contributed by atoms with van der Waals surface area (Å²) in [5.74, 6) is 0.992. The highest BCUT2D eigenvalue weighted by Gasteiger charge is 2.47. The molecule has 2 saturated heterocycles. The molecule has 0 spiro atoms. The zero-order valence-electron chi connectivity index (χ0n) is 17.6. The molecule has 4 rings (SSSR count). The molecule has 3 unspecified atom stereocenters. The van der Waals surface area contributed by atoms with Crippen LogP contribution >= 0.6 is 0 Å². The number of carbonyl (C=O) groups excluding carboxylic acids is 3. The van der Waals surface area contributed by atoms with E-state index in [2.05, 4.69) is 10.2 Å². The molecule has 8 nitrogen and oxygen atoms in total. The topological polar surface area (TPSA) is 92.1 Å². The monoisotopic (exact) mass is 417 g/mol. The minimum atomic E-state index is -0.165. The first-order valence-electron chi connectivity index (χ1n) is 11.0. The Balaban J connectivity index is 1.31. The quantitative estimate of drug-likeness (QED) is 0.678. The summed E-state index contributed by atoms with van der Waals surface area (Å²) < 4.78 is 11.3. The number of aryl methyl sites for hydroxylation is 1. The van der Waals surface area contributed by atoms with Crippen LogP contribution in [0.2, 0.25) is 0 Å². The lowest BCUT2D eigenvalue weighted by Gasteiger charge is -2.33. The Bertz CT molecular complexity index is 761. The number of hydrogen-bond donors (Lipinski definition) is 1. The van der Waals surface area contributed by atoms with Crippen LogP contribution in [-0.2, 0) is 19.1 Å². The Hall–Kier alpha value is -2.19. The van der Waals surface area contributed by atoms with E-state index in [0.29, 0.717) is 19.8 Å². The summed E-state index contributed by atoms with van der Waals surface area (Å²) in [5.41, 5.74) is 0. The molecule has 3 amide bonds. The van der Waals surface area contributed by atoms with Crippen molar-refractivity contribution in [1.82, 2.24) is 15.1 Å². The summed E-state index contributed by atoms with van der Waals surface area (Å²) in [6.45, 7) is 5.36. The van der Waals surface area contributed by atoms with E-state index in [-0.39, 0.29) is 48.6 Å². The highest BCUT2D eigenvalue weighted by Crippen LogP contribution is 2.38. The van der Waals surface area contributed by atoms with Crippen LogP contribution in [0.1, 0.15) is 49.7 Å². The number of ether oxygens (including phenoxy) is 1. The van der Waals surface area contributed by atoms with Crippen molar-refractivity contribution in [3.63, 3.8) is 0 Å². The van der Waals surface area contributed by atoms with Crippen LogP contribution in [-0.4, -0.2) is 66.9 Å². The second-order valence-corrected chi connectivity index (χ2v) is 8.49. The second-order valence-electron chi connectivity index (χ2n) is 8.49. The van der Waals surface area contributed by atoms with Gasteiger partial charge in [-0.05, 0) is 31.9 Å². The summed E-state index contributed by atoms with van der Waals surface area (Å²) in [5, 5.41) is 2.97. The van der Waals surface area contributed by atoms with Gasteiger partial charge in [-0.1, -0.05) is 12.8 Å². The third-order valence-electron chi connectivity index (χ3n) is 6.56.